The fourth-order valence-corrected chi connectivity index (χ4v) is 8.29. The SMILES string of the molecule is C1=CCC(c2cc(C3=CCCC=C3)cc(N3c4ccccc4C4C=C(C5=CC=C6OC7C=CC=CC7C6C5)C=CC43)c2)C=C1. The molecule has 5 aliphatic carbocycles. The van der Waals surface area contributed by atoms with Gasteiger partial charge in [-0.3, -0.25) is 0 Å². The summed E-state index contributed by atoms with van der Waals surface area (Å²) in [5.74, 6) is 2.72. The number of allylic oxidation sites excluding steroid dienone is 16. The zero-order chi connectivity index (χ0) is 29.0. The van der Waals surface area contributed by atoms with Crippen LogP contribution in [0.5, 0.6) is 0 Å². The van der Waals surface area contributed by atoms with Crippen LogP contribution in [-0.2, 0) is 4.74 Å². The van der Waals surface area contributed by atoms with Crippen molar-refractivity contribution in [3.8, 4) is 0 Å². The lowest BCUT2D eigenvalue weighted by Gasteiger charge is -2.32. The van der Waals surface area contributed by atoms with Gasteiger partial charge < -0.3 is 9.64 Å². The highest BCUT2D eigenvalue weighted by Crippen LogP contribution is 2.51. The Morgan fingerprint density at radius 1 is 0.795 bits per heavy atom. The van der Waals surface area contributed by atoms with Crippen molar-refractivity contribution in [2.24, 2.45) is 11.8 Å². The Hall–Kier alpha value is -4.56. The number of para-hydroxylation sites is 1. The maximum Gasteiger partial charge on any atom is 0.124 e. The standard InChI is InChI=1S/C42H37NO/c1-3-11-28(12-4-1)32-23-33(29-13-5-2-6-14-29)25-34(24-32)43-39-17-9-7-15-35(39)37-26-30(19-21-40(37)43)31-20-22-42-38(27-31)36-16-8-10-18-41(36)44-42/h1,3-5,7-11,13-26,28,36-38,40-41H,2,6,12,27H2. The maximum atomic E-state index is 6.31. The van der Waals surface area contributed by atoms with Crippen molar-refractivity contribution in [3.05, 3.63) is 173 Å². The molecule has 6 atom stereocenters. The number of hydrogen-bond donors (Lipinski definition) is 0. The van der Waals surface area contributed by atoms with Crippen LogP contribution in [0.25, 0.3) is 5.57 Å². The van der Waals surface area contributed by atoms with Crippen LogP contribution in [0, 0.1) is 11.8 Å². The van der Waals surface area contributed by atoms with Gasteiger partial charge in [0, 0.05) is 35.0 Å². The summed E-state index contributed by atoms with van der Waals surface area (Å²) in [6.45, 7) is 0. The molecule has 7 aliphatic rings. The summed E-state index contributed by atoms with van der Waals surface area (Å²) in [4.78, 5) is 2.61. The molecule has 0 radical (unpaired) electrons. The zero-order valence-corrected chi connectivity index (χ0v) is 24.9. The molecule has 2 aromatic carbocycles. The summed E-state index contributed by atoms with van der Waals surface area (Å²) in [6, 6.07) is 16.6. The van der Waals surface area contributed by atoms with Crippen LogP contribution < -0.4 is 4.90 Å². The van der Waals surface area contributed by atoms with Crippen LogP contribution in [0.15, 0.2) is 157 Å². The molecular formula is C42H37NO. The van der Waals surface area contributed by atoms with Crippen molar-refractivity contribution in [1.29, 1.82) is 0 Å². The van der Waals surface area contributed by atoms with Crippen molar-refractivity contribution in [1.82, 2.24) is 0 Å². The highest BCUT2D eigenvalue weighted by Gasteiger charge is 2.42. The smallest absolute Gasteiger partial charge is 0.124 e. The lowest BCUT2D eigenvalue weighted by Crippen LogP contribution is -2.29. The number of fused-ring (bicyclic) bond motifs is 6. The van der Waals surface area contributed by atoms with Crippen LogP contribution in [0.1, 0.15) is 54.2 Å². The van der Waals surface area contributed by atoms with Gasteiger partial charge >= 0.3 is 0 Å². The molecule has 9 rings (SSSR count). The van der Waals surface area contributed by atoms with Gasteiger partial charge in [-0.05, 0) is 89.4 Å². The Morgan fingerprint density at radius 2 is 1.73 bits per heavy atom. The third-order valence-electron chi connectivity index (χ3n) is 10.5. The monoisotopic (exact) mass is 571 g/mol. The average Bonchev–Trinajstić information content (AvgIpc) is 3.64. The molecule has 2 heterocycles. The van der Waals surface area contributed by atoms with E-state index in [1.54, 1.807) is 0 Å². The van der Waals surface area contributed by atoms with Gasteiger partial charge in [-0.1, -0.05) is 109 Å². The van der Waals surface area contributed by atoms with E-state index in [4.69, 9.17) is 4.74 Å². The second-order valence-electron chi connectivity index (χ2n) is 13.0. The summed E-state index contributed by atoms with van der Waals surface area (Å²) in [5, 5.41) is 0. The first kappa shape index (κ1) is 25.9. The minimum atomic E-state index is 0.181. The van der Waals surface area contributed by atoms with E-state index in [2.05, 4.69) is 145 Å². The van der Waals surface area contributed by atoms with Crippen LogP contribution >= 0.6 is 0 Å². The molecule has 2 aromatic rings. The number of hydrogen-bond acceptors (Lipinski definition) is 2. The first-order valence-electron chi connectivity index (χ1n) is 16.4. The summed E-state index contributed by atoms with van der Waals surface area (Å²) in [5.41, 5.74) is 10.9. The molecule has 44 heavy (non-hydrogen) atoms. The molecule has 216 valence electrons. The molecule has 0 N–H and O–H groups in total. The molecule has 0 amide bonds. The van der Waals surface area contributed by atoms with Gasteiger partial charge in [0.2, 0.25) is 0 Å². The van der Waals surface area contributed by atoms with E-state index in [1.165, 1.54) is 44.8 Å². The van der Waals surface area contributed by atoms with E-state index in [0.29, 0.717) is 23.7 Å². The van der Waals surface area contributed by atoms with Gasteiger partial charge in [0.15, 0.2) is 0 Å². The minimum Gasteiger partial charge on any atom is -0.490 e. The maximum absolute atomic E-state index is 6.31. The predicted molar refractivity (Wildman–Crippen MR) is 182 cm³/mol. The average molecular weight is 572 g/mol. The molecule has 1 saturated heterocycles. The Bertz CT molecular complexity index is 1830. The van der Waals surface area contributed by atoms with Crippen molar-refractivity contribution in [2.45, 2.75) is 49.7 Å². The molecular weight excluding hydrogens is 534 g/mol. The van der Waals surface area contributed by atoms with Gasteiger partial charge in [-0.25, -0.2) is 0 Å². The van der Waals surface area contributed by atoms with E-state index in [0.717, 1.165) is 31.4 Å². The lowest BCUT2D eigenvalue weighted by atomic mass is 9.77. The van der Waals surface area contributed by atoms with E-state index in [1.807, 2.05) is 0 Å². The number of rotatable bonds is 4. The van der Waals surface area contributed by atoms with Crippen molar-refractivity contribution < 1.29 is 4.74 Å². The molecule has 2 aliphatic heterocycles. The second-order valence-corrected chi connectivity index (χ2v) is 13.0. The molecule has 1 fully saturated rings. The summed E-state index contributed by atoms with van der Waals surface area (Å²) in [7, 11) is 0. The zero-order valence-electron chi connectivity index (χ0n) is 24.9. The van der Waals surface area contributed by atoms with Crippen molar-refractivity contribution >= 4 is 16.9 Å². The van der Waals surface area contributed by atoms with Gasteiger partial charge in [0.1, 0.15) is 11.9 Å². The first-order valence-corrected chi connectivity index (χ1v) is 16.4. The molecule has 0 spiro atoms. The van der Waals surface area contributed by atoms with Crippen LogP contribution in [0.2, 0.25) is 0 Å². The minimum absolute atomic E-state index is 0.181. The Kier molecular flexibility index (Phi) is 6.21. The molecule has 0 bridgehead atoms. The quantitative estimate of drug-likeness (QED) is 0.362. The largest absolute Gasteiger partial charge is 0.490 e. The van der Waals surface area contributed by atoms with Crippen LogP contribution in [0.3, 0.4) is 0 Å². The first-order chi connectivity index (χ1) is 21.8. The number of benzene rings is 2. The Labute approximate surface area is 260 Å². The summed E-state index contributed by atoms with van der Waals surface area (Å²) < 4.78 is 6.31. The van der Waals surface area contributed by atoms with Gasteiger partial charge in [0.25, 0.3) is 0 Å². The van der Waals surface area contributed by atoms with E-state index < -0.39 is 0 Å². The van der Waals surface area contributed by atoms with Gasteiger partial charge in [-0.2, -0.15) is 0 Å². The fraction of sp³-hybridized carbons (Fsp3) is 0.238. The number of anilines is 2. The highest BCUT2D eigenvalue weighted by atomic mass is 16.5. The Balaban J connectivity index is 1.08. The topological polar surface area (TPSA) is 12.5 Å². The normalized spacial score (nSPS) is 30.5. The van der Waals surface area contributed by atoms with Crippen LogP contribution in [0.4, 0.5) is 11.4 Å². The molecule has 0 aromatic heterocycles. The summed E-state index contributed by atoms with van der Waals surface area (Å²) in [6.07, 6.45) is 41.4. The second kappa shape index (κ2) is 10.6. The summed E-state index contributed by atoms with van der Waals surface area (Å²) >= 11 is 0. The molecule has 0 saturated carbocycles. The number of ether oxygens (including phenoxy) is 1. The molecule has 2 heteroatoms. The van der Waals surface area contributed by atoms with Gasteiger partial charge in [-0.15, -0.1) is 0 Å². The molecule has 2 nitrogen and oxygen atoms in total. The van der Waals surface area contributed by atoms with Crippen LogP contribution in [-0.4, -0.2) is 12.1 Å². The Morgan fingerprint density at radius 3 is 2.64 bits per heavy atom. The molecule has 6 unspecified atom stereocenters. The number of nitrogens with zero attached hydrogens (tertiary/aromatic N) is 1. The third kappa shape index (κ3) is 4.31. The van der Waals surface area contributed by atoms with E-state index >= 15 is 0 Å². The predicted octanol–water partition coefficient (Wildman–Crippen LogP) is 10.1. The van der Waals surface area contributed by atoms with Crippen molar-refractivity contribution in [3.63, 3.8) is 0 Å². The van der Waals surface area contributed by atoms with E-state index in [9.17, 15) is 0 Å². The van der Waals surface area contributed by atoms with Crippen molar-refractivity contribution in [2.75, 3.05) is 4.90 Å². The van der Waals surface area contributed by atoms with E-state index in [-0.39, 0.29) is 12.1 Å². The third-order valence-corrected chi connectivity index (χ3v) is 10.5. The lowest BCUT2D eigenvalue weighted by molar-refractivity contribution is 0.184. The van der Waals surface area contributed by atoms with Gasteiger partial charge in [0.05, 0.1) is 6.04 Å². The highest BCUT2D eigenvalue weighted by molar-refractivity contribution is 5.82. The fourth-order valence-electron chi connectivity index (χ4n) is 8.29.